The van der Waals surface area contributed by atoms with Crippen LogP contribution in [0.5, 0.6) is 0 Å². The maximum atomic E-state index is 12.7. The van der Waals surface area contributed by atoms with Crippen LogP contribution in [0.15, 0.2) is 40.5 Å². The molecule has 8 heteroatoms. The second-order valence-corrected chi connectivity index (χ2v) is 9.20. The molecule has 1 unspecified atom stereocenters. The first-order valence-corrected chi connectivity index (χ1v) is 11.6. The zero-order valence-electron chi connectivity index (χ0n) is 18.1. The Bertz CT molecular complexity index is 1090. The SMILES string of the molecule is CN(C)CCCNC(=O)C1CCCN(c2nc3c(-c4ccccc4)csc3c(=O)[nH]2)C1. The summed E-state index contributed by atoms with van der Waals surface area (Å²) in [6.45, 7) is 2.99. The molecule has 1 aliphatic heterocycles. The lowest BCUT2D eigenvalue weighted by Crippen LogP contribution is -2.44. The van der Waals surface area contributed by atoms with Crippen LogP contribution in [0, 0.1) is 5.92 Å². The number of amides is 1. The Morgan fingerprint density at radius 1 is 1.32 bits per heavy atom. The largest absolute Gasteiger partial charge is 0.356 e. The molecule has 0 aliphatic carbocycles. The number of anilines is 1. The molecule has 4 rings (SSSR count). The second kappa shape index (κ2) is 9.62. The number of fused-ring (bicyclic) bond motifs is 1. The molecule has 1 saturated heterocycles. The summed E-state index contributed by atoms with van der Waals surface area (Å²) in [5.41, 5.74) is 2.62. The number of benzene rings is 1. The molecule has 0 bridgehead atoms. The van der Waals surface area contributed by atoms with Crippen molar-refractivity contribution >= 4 is 33.4 Å². The van der Waals surface area contributed by atoms with Gasteiger partial charge in [0.15, 0.2) is 0 Å². The minimum absolute atomic E-state index is 0.0902. The third-order valence-corrected chi connectivity index (χ3v) is 6.64. The molecule has 1 fully saturated rings. The van der Waals surface area contributed by atoms with E-state index in [1.165, 1.54) is 11.3 Å². The second-order valence-electron chi connectivity index (χ2n) is 8.32. The molecule has 7 nitrogen and oxygen atoms in total. The van der Waals surface area contributed by atoms with Crippen molar-refractivity contribution in [3.05, 3.63) is 46.1 Å². The fourth-order valence-corrected chi connectivity index (χ4v) is 4.93. The van der Waals surface area contributed by atoms with E-state index in [0.29, 0.717) is 23.7 Å². The number of aromatic amines is 1. The Balaban J connectivity index is 1.51. The number of aromatic nitrogens is 2. The number of nitrogens with one attached hydrogen (secondary N) is 2. The molecule has 0 radical (unpaired) electrons. The number of nitrogens with zero attached hydrogens (tertiary/aromatic N) is 3. The van der Waals surface area contributed by atoms with Crippen LogP contribution in [0.1, 0.15) is 19.3 Å². The van der Waals surface area contributed by atoms with Gasteiger partial charge in [0.05, 0.1) is 11.4 Å². The molecule has 164 valence electrons. The summed E-state index contributed by atoms with van der Waals surface area (Å²) in [5.74, 6) is 0.552. The third-order valence-electron chi connectivity index (χ3n) is 5.67. The Kier molecular flexibility index (Phi) is 6.67. The molecular formula is C23H29N5O2S. The number of thiophene rings is 1. The highest BCUT2D eigenvalue weighted by atomic mass is 32.1. The zero-order chi connectivity index (χ0) is 21.8. The van der Waals surface area contributed by atoms with E-state index in [9.17, 15) is 9.59 Å². The average Bonchev–Trinajstić information content (AvgIpc) is 3.22. The minimum Gasteiger partial charge on any atom is -0.356 e. The van der Waals surface area contributed by atoms with Gasteiger partial charge in [-0.05, 0) is 45.5 Å². The number of piperidine rings is 1. The monoisotopic (exact) mass is 439 g/mol. The molecule has 1 aliphatic rings. The first kappa shape index (κ1) is 21.5. The van der Waals surface area contributed by atoms with E-state index in [-0.39, 0.29) is 17.4 Å². The van der Waals surface area contributed by atoms with Crippen LogP contribution in [0.25, 0.3) is 21.3 Å². The van der Waals surface area contributed by atoms with Gasteiger partial charge in [-0.25, -0.2) is 4.98 Å². The van der Waals surface area contributed by atoms with Crippen LogP contribution in [0.2, 0.25) is 0 Å². The summed E-state index contributed by atoms with van der Waals surface area (Å²) in [5, 5.41) is 5.06. The number of hydrogen-bond acceptors (Lipinski definition) is 6. The standard InChI is InChI=1S/C23H29N5O2S/c1-27(2)12-7-11-24-21(29)17-10-6-13-28(14-17)23-25-19-18(16-8-4-3-5-9-16)15-31-20(19)22(30)26-23/h3-5,8-9,15,17H,6-7,10-14H2,1-2H3,(H,24,29)(H,25,26,30). The van der Waals surface area contributed by atoms with Crippen LogP contribution in [0.4, 0.5) is 5.95 Å². The molecule has 1 amide bonds. The Labute approximate surface area is 186 Å². The first-order chi connectivity index (χ1) is 15.0. The number of carbonyl (C=O) groups excluding carboxylic acids is 1. The summed E-state index contributed by atoms with van der Waals surface area (Å²) in [7, 11) is 4.06. The summed E-state index contributed by atoms with van der Waals surface area (Å²) in [6, 6.07) is 10.0. The molecule has 1 atom stereocenters. The van der Waals surface area contributed by atoms with Gasteiger partial charge in [-0.3, -0.25) is 14.6 Å². The normalized spacial score (nSPS) is 16.7. The maximum Gasteiger partial charge on any atom is 0.270 e. The van der Waals surface area contributed by atoms with Crippen molar-refractivity contribution in [3.8, 4) is 11.1 Å². The van der Waals surface area contributed by atoms with Crippen molar-refractivity contribution in [1.82, 2.24) is 20.2 Å². The maximum absolute atomic E-state index is 12.7. The van der Waals surface area contributed by atoms with Crippen molar-refractivity contribution in [2.24, 2.45) is 5.92 Å². The number of H-pyrrole nitrogens is 1. The van der Waals surface area contributed by atoms with Gasteiger partial charge < -0.3 is 15.1 Å². The fraction of sp³-hybridized carbons (Fsp3) is 0.435. The Morgan fingerprint density at radius 3 is 2.90 bits per heavy atom. The number of carbonyl (C=O) groups is 1. The summed E-state index contributed by atoms with van der Waals surface area (Å²) in [6.07, 6.45) is 2.68. The molecule has 3 aromatic rings. The van der Waals surface area contributed by atoms with Crippen LogP contribution in [-0.2, 0) is 4.79 Å². The number of rotatable bonds is 7. The highest BCUT2D eigenvalue weighted by Gasteiger charge is 2.27. The van der Waals surface area contributed by atoms with Crippen LogP contribution in [-0.4, -0.2) is 61.0 Å². The Morgan fingerprint density at radius 2 is 2.13 bits per heavy atom. The van der Waals surface area contributed by atoms with Gasteiger partial charge in [-0.15, -0.1) is 11.3 Å². The lowest BCUT2D eigenvalue weighted by atomic mass is 9.97. The molecule has 0 saturated carbocycles. The first-order valence-electron chi connectivity index (χ1n) is 10.8. The van der Waals surface area contributed by atoms with Crippen molar-refractivity contribution < 1.29 is 4.79 Å². The topological polar surface area (TPSA) is 81.3 Å². The van der Waals surface area contributed by atoms with Crippen LogP contribution in [0.3, 0.4) is 0 Å². The Hall–Kier alpha value is -2.71. The van der Waals surface area contributed by atoms with Gasteiger partial charge in [0, 0.05) is 30.6 Å². The quantitative estimate of drug-likeness (QED) is 0.553. The third kappa shape index (κ3) is 4.97. The van der Waals surface area contributed by atoms with Gasteiger partial charge in [0.1, 0.15) is 4.70 Å². The number of hydrogen-bond donors (Lipinski definition) is 2. The van der Waals surface area contributed by atoms with E-state index in [0.717, 1.165) is 49.0 Å². The van der Waals surface area contributed by atoms with E-state index >= 15 is 0 Å². The molecule has 0 spiro atoms. The van der Waals surface area contributed by atoms with E-state index in [4.69, 9.17) is 4.98 Å². The van der Waals surface area contributed by atoms with Crippen molar-refractivity contribution in [2.45, 2.75) is 19.3 Å². The fourth-order valence-electron chi connectivity index (χ4n) is 4.02. The molecule has 2 N–H and O–H groups in total. The predicted octanol–water partition coefficient (Wildman–Crippen LogP) is 2.94. The van der Waals surface area contributed by atoms with E-state index in [1.807, 2.05) is 54.7 Å². The van der Waals surface area contributed by atoms with Gasteiger partial charge in [0.25, 0.3) is 5.56 Å². The summed E-state index contributed by atoms with van der Waals surface area (Å²) in [4.78, 5) is 37.3. The molecule has 31 heavy (non-hydrogen) atoms. The van der Waals surface area contributed by atoms with Crippen molar-refractivity contribution in [2.75, 3.05) is 45.2 Å². The van der Waals surface area contributed by atoms with Crippen molar-refractivity contribution in [3.63, 3.8) is 0 Å². The van der Waals surface area contributed by atoms with E-state index < -0.39 is 0 Å². The predicted molar refractivity (Wildman–Crippen MR) is 127 cm³/mol. The van der Waals surface area contributed by atoms with Gasteiger partial charge in [-0.1, -0.05) is 30.3 Å². The van der Waals surface area contributed by atoms with Crippen LogP contribution < -0.4 is 15.8 Å². The zero-order valence-corrected chi connectivity index (χ0v) is 18.9. The average molecular weight is 440 g/mol. The lowest BCUT2D eigenvalue weighted by molar-refractivity contribution is -0.125. The van der Waals surface area contributed by atoms with Crippen LogP contribution >= 0.6 is 11.3 Å². The summed E-state index contributed by atoms with van der Waals surface area (Å²) < 4.78 is 0.634. The van der Waals surface area contributed by atoms with E-state index in [2.05, 4.69) is 15.2 Å². The van der Waals surface area contributed by atoms with Gasteiger partial charge in [-0.2, -0.15) is 0 Å². The molecule has 3 heterocycles. The minimum atomic E-state index is -0.123. The summed E-state index contributed by atoms with van der Waals surface area (Å²) >= 11 is 1.42. The van der Waals surface area contributed by atoms with Crippen molar-refractivity contribution in [1.29, 1.82) is 0 Å². The molecule has 2 aromatic heterocycles. The highest BCUT2D eigenvalue weighted by molar-refractivity contribution is 7.17. The van der Waals surface area contributed by atoms with E-state index in [1.54, 1.807) is 0 Å². The lowest BCUT2D eigenvalue weighted by Gasteiger charge is -2.32. The van der Waals surface area contributed by atoms with Gasteiger partial charge in [0.2, 0.25) is 11.9 Å². The smallest absolute Gasteiger partial charge is 0.270 e. The molecule has 1 aromatic carbocycles. The van der Waals surface area contributed by atoms with Gasteiger partial charge >= 0.3 is 0 Å². The highest BCUT2D eigenvalue weighted by Crippen LogP contribution is 2.32. The molecular weight excluding hydrogens is 410 g/mol.